The Labute approximate surface area is 112 Å². The van der Waals surface area contributed by atoms with Crippen LogP contribution < -0.4 is 0 Å². The number of halogens is 1. The highest BCUT2D eigenvalue weighted by atomic mass is 19.1. The first-order chi connectivity index (χ1) is 9.31. The quantitative estimate of drug-likeness (QED) is 0.633. The summed E-state index contributed by atoms with van der Waals surface area (Å²) in [5.74, 6) is -0.156. The summed E-state index contributed by atoms with van der Waals surface area (Å²) in [6, 6.07) is 17.6. The van der Waals surface area contributed by atoms with E-state index in [0.717, 1.165) is 11.8 Å². The van der Waals surface area contributed by atoms with E-state index in [0.29, 0.717) is 5.52 Å². The lowest BCUT2D eigenvalue weighted by molar-refractivity contribution is 0.566. The standard InChI is InChI=1S/C17H16FN/c1-2-16(13-7-4-3-5-8-13)19-12-11-14-9-6-10-15(18)17(14)19/h3-12,16H,2H2,1H3. The highest BCUT2D eigenvalue weighted by molar-refractivity contribution is 5.81. The Bertz CT molecular complexity index is 685. The van der Waals surface area contributed by atoms with E-state index in [-0.39, 0.29) is 11.9 Å². The number of para-hydroxylation sites is 1. The van der Waals surface area contributed by atoms with Gasteiger partial charge in [-0.25, -0.2) is 4.39 Å². The molecule has 0 bridgehead atoms. The van der Waals surface area contributed by atoms with E-state index >= 15 is 0 Å². The van der Waals surface area contributed by atoms with Crippen molar-refractivity contribution in [2.45, 2.75) is 19.4 Å². The lowest BCUT2D eigenvalue weighted by Crippen LogP contribution is -2.09. The zero-order valence-electron chi connectivity index (χ0n) is 10.9. The minimum absolute atomic E-state index is 0.156. The summed E-state index contributed by atoms with van der Waals surface area (Å²) in [6.07, 6.45) is 2.91. The molecule has 0 aliphatic rings. The average Bonchev–Trinajstić information content (AvgIpc) is 2.86. The summed E-state index contributed by atoms with van der Waals surface area (Å²) >= 11 is 0. The van der Waals surface area contributed by atoms with E-state index in [1.165, 1.54) is 11.6 Å². The third-order valence-corrected chi connectivity index (χ3v) is 3.60. The lowest BCUT2D eigenvalue weighted by atomic mass is 10.0. The molecule has 3 rings (SSSR count). The predicted octanol–water partition coefficient (Wildman–Crippen LogP) is 4.78. The van der Waals surface area contributed by atoms with Gasteiger partial charge in [-0.2, -0.15) is 0 Å². The Morgan fingerprint density at radius 1 is 1.00 bits per heavy atom. The highest BCUT2D eigenvalue weighted by Crippen LogP contribution is 2.28. The topological polar surface area (TPSA) is 4.93 Å². The van der Waals surface area contributed by atoms with Crippen LogP contribution in [0, 0.1) is 5.82 Å². The van der Waals surface area contributed by atoms with Crippen molar-refractivity contribution in [1.29, 1.82) is 0 Å². The van der Waals surface area contributed by atoms with Crippen LogP contribution in [0.25, 0.3) is 10.9 Å². The van der Waals surface area contributed by atoms with Gasteiger partial charge in [-0.05, 0) is 24.1 Å². The van der Waals surface area contributed by atoms with Crippen molar-refractivity contribution in [2.24, 2.45) is 0 Å². The Kier molecular flexibility index (Phi) is 3.08. The molecular weight excluding hydrogens is 237 g/mol. The second-order valence-corrected chi connectivity index (χ2v) is 4.74. The summed E-state index contributed by atoms with van der Waals surface area (Å²) in [5.41, 5.74) is 1.91. The SMILES string of the molecule is CCC(c1ccccc1)n1ccc2cccc(F)c21. The summed E-state index contributed by atoms with van der Waals surface area (Å²) in [5, 5.41) is 0.953. The second-order valence-electron chi connectivity index (χ2n) is 4.74. The molecule has 1 atom stereocenters. The smallest absolute Gasteiger partial charge is 0.147 e. The number of hydrogen-bond donors (Lipinski definition) is 0. The Morgan fingerprint density at radius 3 is 2.53 bits per heavy atom. The van der Waals surface area contributed by atoms with Gasteiger partial charge >= 0.3 is 0 Å². The third-order valence-electron chi connectivity index (χ3n) is 3.60. The summed E-state index contributed by atoms with van der Waals surface area (Å²) < 4.78 is 16.1. The van der Waals surface area contributed by atoms with Gasteiger partial charge in [-0.15, -0.1) is 0 Å². The molecule has 2 heteroatoms. The minimum atomic E-state index is -0.156. The van der Waals surface area contributed by atoms with Crippen molar-refractivity contribution in [1.82, 2.24) is 4.57 Å². The van der Waals surface area contributed by atoms with E-state index in [1.807, 2.05) is 41.1 Å². The molecule has 2 aromatic carbocycles. The number of fused-ring (bicyclic) bond motifs is 1. The molecular formula is C17H16FN. The number of hydrogen-bond acceptors (Lipinski definition) is 0. The molecule has 0 amide bonds. The van der Waals surface area contributed by atoms with Gasteiger partial charge in [0.2, 0.25) is 0 Å². The number of nitrogens with zero attached hydrogens (tertiary/aromatic N) is 1. The third kappa shape index (κ3) is 2.03. The Hall–Kier alpha value is -2.09. The van der Waals surface area contributed by atoms with Gasteiger partial charge in [0.1, 0.15) is 5.82 Å². The molecule has 0 spiro atoms. The zero-order valence-corrected chi connectivity index (χ0v) is 10.9. The van der Waals surface area contributed by atoms with Gasteiger partial charge in [0.25, 0.3) is 0 Å². The molecule has 0 saturated carbocycles. The van der Waals surface area contributed by atoms with Gasteiger partial charge in [0.15, 0.2) is 0 Å². The fourth-order valence-electron chi connectivity index (χ4n) is 2.70. The Balaban J connectivity index is 2.17. The monoisotopic (exact) mass is 253 g/mol. The molecule has 0 aliphatic carbocycles. The largest absolute Gasteiger partial charge is 0.338 e. The maximum absolute atomic E-state index is 14.1. The molecule has 1 aromatic heterocycles. The van der Waals surface area contributed by atoms with Crippen molar-refractivity contribution in [3.63, 3.8) is 0 Å². The number of benzene rings is 2. The molecule has 0 saturated heterocycles. The molecule has 0 aliphatic heterocycles. The molecule has 0 radical (unpaired) electrons. The first-order valence-corrected chi connectivity index (χ1v) is 6.61. The van der Waals surface area contributed by atoms with E-state index in [9.17, 15) is 4.39 Å². The van der Waals surface area contributed by atoms with Crippen LogP contribution in [0.4, 0.5) is 4.39 Å². The molecule has 96 valence electrons. The van der Waals surface area contributed by atoms with Gasteiger partial charge in [-0.1, -0.05) is 49.4 Å². The van der Waals surface area contributed by atoms with Crippen LogP contribution in [0.1, 0.15) is 24.9 Å². The van der Waals surface area contributed by atoms with Crippen molar-refractivity contribution in [3.8, 4) is 0 Å². The highest BCUT2D eigenvalue weighted by Gasteiger charge is 2.15. The van der Waals surface area contributed by atoms with Crippen LogP contribution >= 0.6 is 0 Å². The van der Waals surface area contributed by atoms with Gasteiger partial charge < -0.3 is 4.57 Å². The first-order valence-electron chi connectivity index (χ1n) is 6.61. The first kappa shape index (κ1) is 12.0. The van der Waals surface area contributed by atoms with Crippen LogP contribution in [-0.4, -0.2) is 4.57 Å². The zero-order chi connectivity index (χ0) is 13.2. The fourth-order valence-corrected chi connectivity index (χ4v) is 2.70. The average molecular weight is 253 g/mol. The van der Waals surface area contributed by atoms with Crippen LogP contribution in [0.2, 0.25) is 0 Å². The van der Waals surface area contributed by atoms with Gasteiger partial charge in [0, 0.05) is 11.6 Å². The van der Waals surface area contributed by atoms with Crippen LogP contribution in [0.5, 0.6) is 0 Å². The van der Waals surface area contributed by atoms with Crippen molar-refractivity contribution in [3.05, 3.63) is 72.2 Å². The minimum Gasteiger partial charge on any atom is -0.338 e. The summed E-state index contributed by atoms with van der Waals surface area (Å²) in [4.78, 5) is 0. The summed E-state index contributed by atoms with van der Waals surface area (Å²) in [7, 11) is 0. The number of aromatic nitrogens is 1. The molecule has 1 heterocycles. The van der Waals surface area contributed by atoms with Crippen molar-refractivity contribution < 1.29 is 4.39 Å². The van der Waals surface area contributed by atoms with E-state index in [4.69, 9.17) is 0 Å². The van der Waals surface area contributed by atoms with E-state index in [2.05, 4.69) is 19.1 Å². The maximum Gasteiger partial charge on any atom is 0.147 e. The van der Waals surface area contributed by atoms with Crippen molar-refractivity contribution in [2.75, 3.05) is 0 Å². The summed E-state index contributed by atoms with van der Waals surface area (Å²) in [6.45, 7) is 2.13. The van der Waals surface area contributed by atoms with Crippen molar-refractivity contribution >= 4 is 10.9 Å². The predicted molar refractivity (Wildman–Crippen MR) is 76.8 cm³/mol. The van der Waals surface area contributed by atoms with Crippen LogP contribution in [-0.2, 0) is 0 Å². The van der Waals surface area contributed by atoms with Crippen LogP contribution in [0.15, 0.2) is 60.8 Å². The normalized spacial score (nSPS) is 12.7. The molecule has 19 heavy (non-hydrogen) atoms. The Morgan fingerprint density at radius 2 is 1.79 bits per heavy atom. The second kappa shape index (κ2) is 4.88. The van der Waals surface area contributed by atoms with Crippen LogP contribution in [0.3, 0.4) is 0 Å². The van der Waals surface area contributed by atoms with Gasteiger partial charge in [0.05, 0.1) is 11.6 Å². The molecule has 1 unspecified atom stereocenters. The van der Waals surface area contributed by atoms with E-state index < -0.39 is 0 Å². The molecule has 1 nitrogen and oxygen atoms in total. The fraction of sp³-hybridized carbons (Fsp3) is 0.176. The number of rotatable bonds is 3. The molecule has 0 N–H and O–H groups in total. The lowest BCUT2D eigenvalue weighted by Gasteiger charge is -2.19. The van der Waals surface area contributed by atoms with Gasteiger partial charge in [-0.3, -0.25) is 0 Å². The molecule has 3 aromatic rings. The maximum atomic E-state index is 14.1. The van der Waals surface area contributed by atoms with E-state index in [1.54, 1.807) is 6.07 Å². The molecule has 0 fully saturated rings.